The van der Waals surface area contributed by atoms with Crippen LogP contribution in [0.4, 0.5) is 0 Å². The first kappa shape index (κ1) is 19.5. The topological polar surface area (TPSA) is 75.7 Å². The average molecular weight is 388 g/mol. The molecule has 1 aromatic rings. The van der Waals surface area contributed by atoms with E-state index in [4.69, 9.17) is 4.74 Å². The molecule has 0 saturated carbocycles. The number of thioether (sulfide) groups is 1. The lowest BCUT2D eigenvalue weighted by Crippen LogP contribution is -2.70. The van der Waals surface area contributed by atoms with Crippen LogP contribution in [0.1, 0.15) is 32.3 Å². The summed E-state index contributed by atoms with van der Waals surface area (Å²) in [6, 6.07) is 9.18. The highest BCUT2D eigenvalue weighted by molar-refractivity contribution is 8.00. The number of hydrogen-bond acceptors (Lipinski definition) is 5. The summed E-state index contributed by atoms with van der Waals surface area (Å²) in [5.74, 6) is -0.217. The van der Waals surface area contributed by atoms with Crippen molar-refractivity contribution in [3.63, 3.8) is 0 Å². The van der Waals surface area contributed by atoms with E-state index >= 15 is 0 Å². The number of esters is 1. The summed E-state index contributed by atoms with van der Waals surface area (Å²) < 4.78 is 5.22. The van der Waals surface area contributed by atoms with Gasteiger partial charge < -0.3 is 10.1 Å². The predicted octanol–water partition coefficient (Wildman–Crippen LogP) is 2.25. The van der Waals surface area contributed by atoms with Crippen LogP contribution in [0.25, 0.3) is 0 Å². The molecule has 2 atom stereocenters. The molecule has 3 rings (SSSR count). The molecular formula is C20H24N2O4S. The molecule has 6 nitrogen and oxygen atoms in total. The number of aryl methyl sites for hydroxylation is 1. The monoisotopic (exact) mass is 388 g/mol. The summed E-state index contributed by atoms with van der Waals surface area (Å²) in [7, 11) is 0. The van der Waals surface area contributed by atoms with Crippen molar-refractivity contribution in [3.8, 4) is 0 Å². The summed E-state index contributed by atoms with van der Waals surface area (Å²) in [5.41, 5.74) is 2.26. The van der Waals surface area contributed by atoms with E-state index in [0.717, 1.165) is 17.6 Å². The van der Waals surface area contributed by atoms with Crippen molar-refractivity contribution in [2.45, 2.75) is 44.5 Å². The van der Waals surface area contributed by atoms with Gasteiger partial charge in [-0.15, -0.1) is 11.8 Å². The zero-order chi connectivity index (χ0) is 19.4. The van der Waals surface area contributed by atoms with Gasteiger partial charge in [-0.1, -0.05) is 37.3 Å². The molecule has 27 heavy (non-hydrogen) atoms. The number of β-lactam (4-membered cyclic amide) rings is 1. The molecule has 144 valence electrons. The van der Waals surface area contributed by atoms with E-state index in [1.54, 1.807) is 11.8 Å². The van der Waals surface area contributed by atoms with E-state index in [1.165, 1.54) is 4.90 Å². The van der Waals surface area contributed by atoms with Gasteiger partial charge in [-0.25, -0.2) is 4.79 Å². The lowest BCUT2D eigenvalue weighted by Gasteiger charge is -2.49. The van der Waals surface area contributed by atoms with Crippen molar-refractivity contribution in [2.75, 3.05) is 12.4 Å². The van der Waals surface area contributed by atoms with Crippen molar-refractivity contribution < 1.29 is 19.1 Å². The lowest BCUT2D eigenvalue weighted by atomic mass is 10.0. The van der Waals surface area contributed by atoms with Crippen LogP contribution in [-0.2, 0) is 25.5 Å². The number of rotatable bonds is 7. The Morgan fingerprint density at radius 2 is 2.04 bits per heavy atom. The zero-order valence-electron chi connectivity index (χ0n) is 15.6. The minimum Gasteiger partial charge on any atom is -0.461 e. The van der Waals surface area contributed by atoms with Crippen LogP contribution < -0.4 is 5.32 Å². The fraction of sp³-hybridized carbons (Fsp3) is 0.450. The normalized spacial score (nSPS) is 21.4. The molecule has 0 aliphatic carbocycles. The molecule has 0 spiro atoms. The molecule has 1 saturated heterocycles. The minimum atomic E-state index is -0.583. The van der Waals surface area contributed by atoms with Crippen molar-refractivity contribution in [2.24, 2.45) is 0 Å². The maximum absolute atomic E-state index is 12.6. The standard InChI is InChI=1S/C20H24N2O4S/c1-3-11-26-20(25)17-13(2)12-27-19-16(18(24)22(17)19)21-15(23)10-9-14-7-5-4-6-8-14/h4-8,16,19H,3,9-12H2,1-2H3,(H,21,23)/t16-,19-/m1/s1. The molecule has 2 amide bonds. The first-order valence-electron chi connectivity index (χ1n) is 9.17. The molecule has 2 aliphatic heterocycles. The molecule has 1 N–H and O–H groups in total. The van der Waals surface area contributed by atoms with Crippen LogP contribution in [0.5, 0.6) is 0 Å². The van der Waals surface area contributed by atoms with E-state index in [1.807, 2.05) is 44.2 Å². The molecule has 1 aromatic carbocycles. The number of carbonyl (C=O) groups excluding carboxylic acids is 3. The van der Waals surface area contributed by atoms with Gasteiger partial charge in [0.1, 0.15) is 17.1 Å². The highest BCUT2D eigenvalue weighted by atomic mass is 32.2. The van der Waals surface area contributed by atoms with Crippen LogP contribution in [0.2, 0.25) is 0 Å². The van der Waals surface area contributed by atoms with Gasteiger partial charge in [0.25, 0.3) is 5.91 Å². The number of ether oxygens (including phenoxy) is 1. The average Bonchev–Trinajstić information content (AvgIpc) is 2.69. The third-order valence-electron chi connectivity index (χ3n) is 4.59. The van der Waals surface area contributed by atoms with Gasteiger partial charge >= 0.3 is 5.97 Å². The molecule has 0 radical (unpaired) electrons. The van der Waals surface area contributed by atoms with Crippen molar-refractivity contribution in [1.29, 1.82) is 0 Å². The number of hydrogen-bond donors (Lipinski definition) is 1. The van der Waals surface area contributed by atoms with Crippen molar-refractivity contribution >= 4 is 29.5 Å². The third-order valence-corrected chi connectivity index (χ3v) is 6.01. The SMILES string of the molecule is CCCOC(=O)C1=C(C)CS[C@@H]2[C@H](NC(=O)CCc3ccccc3)C(=O)N12. The smallest absolute Gasteiger partial charge is 0.355 e. The van der Waals surface area contributed by atoms with Gasteiger partial charge in [-0.05, 0) is 30.9 Å². The number of benzene rings is 1. The molecule has 1 fully saturated rings. The highest BCUT2D eigenvalue weighted by Gasteiger charge is 2.53. The fourth-order valence-electron chi connectivity index (χ4n) is 3.17. The number of nitrogens with one attached hydrogen (secondary N) is 1. The van der Waals surface area contributed by atoms with Crippen LogP contribution in [0.15, 0.2) is 41.6 Å². The summed E-state index contributed by atoms with van der Waals surface area (Å²) >= 11 is 1.56. The summed E-state index contributed by atoms with van der Waals surface area (Å²) in [5, 5.41) is 2.58. The molecule has 0 aromatic heterocycles. The van der Waals surface area contributed by atoms with Crippen LogP contribution in [0.3, 0.4) is 0 Å². The minimum absolute atomic E-state index is 0.154. The number of nitrogens with zero attached hydrogens (tertiary/aromatic N) is 1. The van der Waals surface area contributed by atoms with Crippen molar-refractivity contribution in [1.82, 2.24) is 10.2 Å². The molecule has 7 heteroatoms. The summed E-state index contributed by atoms with van der Waals surface area (Å²) in [4.78, 5) is 38.7. The predicted molar refractivity (Wildman–Crippen MR) is 104 cm³/mol. The molecule has 2 heterocycles. The Morgan fingerprint density at radius 3 is 2.74 bits per heavy atom. The maximum Gasteiger partial charge on any atom is 0.355 e. The van der Waals surface area contributed by atoms with Crippen LogP contribution >= 0.6 is 11.8 Å². The molecule has 2 aliphatic rings. The quantitative estimate of drug-likeness (QED) is 0.573. The van der Waals surface area contributed by atoms with Crippen LogP contribution in [0, 0.1) is 0 Å². The van der Waals surface area contributed by atoms with Gasteiger partial charge in [0.2, 0.25) is 5.91 Å². The van der Waals surface area contributed by atoms with E-state index in [2.05, 4.69) is 5.32 Å². The maximum atomic E-state index is 12.6. The van der Waals surface area contributed by atoms with E-state index in [0.29, 0.717) is 30.9 Å². The first-order valence-corrected chi connectivity index (χ1v) is 10.2. The Labute approximate surface area is 163 Å². The molecule has 0 bridgehead atoms. The van der Waals surface area contributed by atoms with E-state index in [9.17, 15) is 14.4 Å². The van der Waals surface area contributed by atoms with Gasteiger partial charge in [0.15, 0.2) is 0 Å². The third kappa shape index (κ3) is 4.18. The first-order chi connectivity index (χ1) is 13.0. The number of amides is 2. The fourth-order valence-corrected chi connectivity index (χ4v) is 4.47. The summed E-state index contributed by atoms with van der Waals surface area (Å²) in [6.45, 7) is 4.09. The Morgan fingerprint density at radius 1 is 1.30 bits per heavy atom. The number of carbonyl (C=O) groups is 3. The zero-order valence-corrected chi connectivity index (χ0v) is 16.4. The molecule has 0 unspecified atom stereocenters. The van der Waals surface area contributed by atoms with Crippen molar-refractivity contribution in [3.05, 3.63) is 47.2 Å². The van der Waals surface area contributed by atoms with Gasteiger partial charge in [0.05, 0.1) is 6.61 Å². The second-order valence-corrected chi connectivity index (χ2v) is 7.81. The largest absolute Gasteiger partial charge is 0.461 e. The number of fused-ring (bicyclic) bond motifs is 1. The van der Waals surface area contributed by atoms with Crippen LogP contribution in [-0.4, -0.2) is 46.5 Å². The lowest BCUT2D eigenvalue weighted by molar-refractivity contribution is -0.153. The van der Waals surface area contributed by atoms with E-state index in [-0.39, 0.29) is 17.2 Å². The Bertz CT molecular complexity index is 763. The highest BCUT2D eigenvalue weighted by Crippen LogP contribution is 2.40. The Kier molecular flexibility index (Phi) is 6.21. The Balaban J connectivity index is 1.58. The van der Waals surface area contributed by atoms with Gasteiger partial charge in [0, 0.05) is 12.2 Å². The van der Waals surface area contributed by atoms with E-state index < -0.39 is 12.0 Å². The van der Waals surface area contributed by atoms with Gasteiger partial charge in [-0.3, -0.25) is 14.5 Å². The second-order valence-electron chi connectivity index (χ2n) is 6.71. The van der Waals surface area contributed by atoms with Gasteiger partial charge in [-0.2, -0.15) is 0 Å². The summed E-state index contributed by atoms with van der Waals surface area (Å²) in [6.07, 6.45) is 1.68. The molecular weight excluding hydrogens is 364 g/mol. The second kappa shape index (κ2) is 8.61. The Hall–Kier alpha value is -2.28.